The highest BCUT2D eigenvalue weighted by Crippen LogP contribution is 2.31. The number of methoxy groups -OCH3 is 2. The fourth-order valence-electron chi connectivity index (χ4n) is 4.34. The maximum absolute atomic E-state index is 13.6. The molecule has 2 aliphatic rings. The summed E-state index contributed by atoms with van der Waals surface area (Å²) in [5, 5.41) is 0. The maximum atomic E-state index is 13.6. The molecule has 0 N–H and O–H groups in total. The number of morpholine rings is 1. The predicted molar refractivity (Wildman–Crippen MR) is 143 cm³/mol. The van der Waals surface area contributed by atoms with Gasteiger partial charge in [0.15, 0.2) is 23.0 Å². The normalized spacial score (nSPS) is 18.5. The molecule has 0 aliphatic carbocycles. The first kappa shape index (κ1) is 28.6. The Hall–Kier alpha value is -2.97. The average molecular weight is 515 g/mol. The first-order valence-electron chi connectivity index (χ1n) is 13.1. The Morgan fingerprint density at radius 2 is 1.97 bits per heavy atom. The molecule has 1 aromatic carbocycles. The Balaban J connectivity index is 1.58. The number of rotatable bonds is 12. The first-order valence-corrected chi connectivity index (χ1v) is 13.1. The number of fused-ring (bicyclic) bond motifs is 1. The number of carbonyl (C=O) groups excluding carboxylic acids is 1. The van der Waals surface area contributed by atoms with Gasteiger partial charge in [-0.2, -0.15) is 0 Å². The molecule has 0 bridgehead atoms. The second-order valence-electron chi connectivity index (χ2n) is 9.68. The molecular formula is C29H42N2O6. The molecule has 1 amide bonds. The van der Waals surface area contributed by atoms with E-state index in [2.05, 4.69) is 31.4 Å². The van der Waals surface area contributed by atoms with Crippen molar-refractivity contribution in [2.24, 2.45) is 5.92 Å². The number of hydrogen-bond donors (Lipinski definition) is 0. The van der Waals surface area contributed by atoms with Gasteiger partial charge < -0.3 is 28.6 Å². The molecular weight excluding hydrogens is 472 g/mol. The van der Waals surface area contributed by atoms with Crippen molar-refractivity contribution in [2.75, 3.05) is 60.2 Å². The van der Waals surface area contributed by atoms with Gasteiger partial charge in [-0.1, -0.05) is 38.6 Å². The molecule has 1 atom stereocenters. The minimum absolute atomic E-state index is 0.0341. The summed E-state index contributed by atoms with van der Waals surface area (Å²) in [6, 6.07) is 5.95. The Bertz CT molecular complexity index is 958. The molecule has 8 nitrogen and oxygen atoms in total. The summed E-state index contributed by atoms with van der Waals surface area (Å²) in [4.78, 5) is 17.8. The SMILES string of the molecule is C=C(OC)/C(=C\C=C/CCN1CCOC(C(=O)N(Cc2ccc3c(c2)OCCCO3)CC(C)C)C1)OC. The van der Waals surface area contributed by atoms with Gasteiger partial charge in [0.1, 0.15) is 6.10 Å². The molecule has 0 radical (unpaired) electrons. The molecule has 0 aromatic heterocycles. The summed E-state index contributed by atoms with van der Waals surface area (Å²) < 4.78 is 27.9. The zero-order chi connectivity index (χ0) is 26.6. The van der Waals surface area contributed by atoms with E-state index in [1.165, 1.54) is 0 Å². The first-order chi connectivity index (χ1) is 17.9. The van der Waals surface area contributed by atoms with E-state index in [1.807, 2.05) is 35.3 Å². The van der Waals surface area contributed by atoms with Crippen LogP contribution >= 0.6 is 0 Å². The molecule has 204 valence electrons. The number of allylic oxidation sites excluding steroid dienone is 2. The molecule has 8 heteroatoms. The number of amides is 1. The second kappa shape index (κ2) is 14.7. The van der Waals surface area contributed by atoms with Gasteiger partial charge in [-0.15, -0.1) is 0 Å². The van der Waals surface area contributed by atoms with Gasteiger partial charge in [0.25, 0.3) is 5.91 Å². The Labute approximate surface area is 221 Å². The van der Waals surface area contributed by atoms with Gasteiger partial charge in [0.05, 0.1) is 34.0 Å². The van der Waals surface area contributed by atoms with Crippen molar-refractivity contribution < 1.29 is 28.5 Å². The molecule has 1 unspecified atom stereocenters. The van der Waals surface area contributed by atoms with E-state index in [1.54, 1.807) is 14.2 Å². The van der Waals surface area contributed by atoms with Crippen molar-refractivity contribution in [3.63, 3.8) is 0 Å². The lowest BCUT2D eigenvalue weighted by atomic mass is 10.1. The molecule has 2 heterocycles. The molecule has 1 aromatic rings. The van der Waals surface area contributed by atoms with Gasteiger partial charge in [-0.05, 0) is 36.1 Å². The highest BCUT2D eigenvalue weighted by molar-refractivity contribution is 5.81. The summed E-state index contributed by atoms with van der Waals surface area (Å²) in [5.74, 6) is 2.97. The zero-order valence-corrected chi connectivity index (χ0v) is 22.7. The van der Waals surface area contributed by atoms with Gasteiger partial charge >= 0.3 is 0 Å². The van der Waals surface area contributed by atoms with E-state index >= 15 is 0 Å². The molecule has 37 heavy (non-hydrogen) atoms. The van der Waals surface area contributed by atoms with Crippen molar-refractivity contribution in [1.82, 2.24) is 9.80 Å². The third-order valence-electron chi connectivity index (χ3n) is 6.25. The third-order valence-corrected chi connectivity index (χ3v) is 6.25. The second-order valence-corrected chi connectivity index (χ2v) is 9.68. The monoisotopic (exact) mass is 514 g/mol. The third kappa shape index (κ3) is 8.83. The Morgan fingerprint density at radius 3 is 2.70 bits per heavy atom. The number of hydrogen-bond acceptors (Lipinski definition) is 7. The molecule has 3 rings (SSSR count). The highest BCUT2D eigenvalue weighted by atomic mass is 16.5. The van der Waals surface area contributed by atoms with Crippen LogP contribution in [0.15, 0.2) is 54.5 Å². The van der Waals surface area contributed by atoms with Crippen LogP contribution in [0.1, 0.15) is 32.3 Å². The summed E-state index contributed by atoms with van der Waals surface area (Å²) in [6.45, 7) is 13.3. The van der Waals surface area contributed by atoms with E-state index < -0.39 is 6.10 Å². The summed E-state index contributed by atoms with van der Waals surface area (Å²) >= 11 is 0. The number of nitrogens with zero attached hydrogens (tertiary/aromatic N) is 2. The van der Waals surface area contributed by atoms with Crippen LogP contribution in [0.4, 0.5) is 0 Å². The van der Waals surface area contributed by atoms with Gasteiger partial charge in [0.2, 0.25) is 0 Å². The van der Waals surface area contributed by atoms with E-state index in [0.29, 0.717) is 56.9 Å². The van der Waals surface area contributed by atoms with E-state index in [4.69, 9.17) is 23.7 Å². The van der Waals surface area contributed by atoms with E-state index in [0.717, 1.165) is 43.0 Å². The lowest BCUT2D eigenvalue weighted by molar-refractivity contribution is -0.150. The van der Waals surface area contributed by atoms with Crippen molar-refractivity contribution in [3.8, 4) is 11.5 Å². The Kier molecular flexibility index (Phi) is 11.4. The van der Waals surface area contributed by atoms with Crippen molar-refractivity contribution in [1.29, 1.82) is 0 Å². The molecule has 2 aliphatic heterocycles. The predicted octanol–water partition coefficient (Wildman–Crippen LogP) is 4.17. The number of carbonyl (C=O) groups is 1. The van der Waals surface area contributed by atoms with Gasteiger partial charge in [-0.25, -0.2) is 0 Å². The lowest BCUT2D eigenvalue weighted by Gasteiger charge is -2.35. The van der Waals surface area contributed by atoms with Crippen LogP contribution in [-0.2, 0) is 25.5 Å². The quantitative estimate of drug-likeness (QED) is 0.306. The molecule has 1 fully saturated rings. The minimum atomic E-state index is -0.470. The summed E-state index contributed by atoms with van der Waals surface area (Å²) in [5.41, 5.74) is 1.02. The molecule has 0 saturated carbocycles. The standard InChI is InChI=1S/C29H42N2O6/c1-22(2)19-31(20-24-11-12-26-27(18-24)36-16-9-15-35-26)29(32)28-21-30(14-17-37-28)13-8-6-7-10-25(34-5)23(3)33-4/h6-7,10-12,18,22,28H,3,8-9,13-17,19-21H2,1-2,4-5H3/b7-6-,25-10+. The minimum Gasteiger partial charge on any atom is -0.494 e. The van der Waals surface area contributed by atoms with Crippen LogP contribution in [0.5, 0.6) is 11.5 Å². The largest absolute Gasteiger partial charge is 0.494 e. The fourth-order valence-corrected chi connectivity index (χ4v) is 4.34. The zero-order valence-electron chi connectivity index (χ0n) is 22.7. The maximum Gasteiger partial charge on any atom is 0.253 e. The molecule has 0 spiro atoms. The van der Waals surface area contributed by atoms with E-state index in [9.17, 15) is 4.79 Å². The van der Waals surface area contributed by atoms with Crippen LogP contribution < -0.4 is 9.47 Å². The number of benzene rings is 1. The van der Waals surface area contributed by atoms with E-state index in [-0.39, 0.29) is 5.91 Å². The number of ether oxygens (including phenoxy) is 5. The van der Waals surface area contributed by atoms with Crippen molar-refractivity contribution >= 4 is 5.91 Å². The van der Waals surface area contributed by atoms with Crippen LogP contribution in [0.3, 0.4) is 0 Å². The Morgan fingerprint density at radius 1 is 1.19 bits per heavy atom. The van der Waals surface area contributed by atoms with Crippen LogP contribution in [0, 0.1) is 5.92 Å². The van der Waals surface area contributed by atoms with Gasteiger partial charge in [0, 0.05) is 39.1 Å². The van der Waals surface area contributed by atoms with Crippen LogP contribution in [0.25, 0.3) is 0 Å². The summed E-state index contributed by atoms with van der Waals surface area (Å²) in [7, 11) is 3.15. The van der Waals surface area contributed by atoms with Crippen molar-refractivity contribution in [3.05, 3.63) is 60.1 Å². The lowest BCUT2D eigenvalue weighted by Crippen LogP contribution is -2.51. The van der Waals surface area contributed by atoms with Crippen LogP contribution in [0.2, 0.25) is 0 Å². The summed E-state index contributed by atoms with van der Waals surface area (Å²) in [6.07, 6.45) is 7.08. The highest BCUT2D eigenvalue weighted by Gasteiger charge is 2.30. The fraction of sp³-hybridized carbons (Fsp3) is 0.552. The molecule has 1 saturated heterocycles. The van der Waals surface area contributed by atoms with Crippen molar-refractivity contribution in [2.45, 2.75) is 39.3 Å². The van der Waals surface area contributed by atoms with Gasteiger partial charge in [-0.3, -0.25) is 9.69 Å². The van der Waals surface area contributed by atoms with Crippen LogP contribution in [-0.4, -0.2) is 82.0 Å². The average Bonchev–Trinajstić information content (AvgIpc) is 3.14. The smallest absolute Gasteiger partial charge is 0.253 e. The topological polar surface area (TPSA) is 69.7 Å².